The second kappa shape index (κ2) is 6.84. The predicted octanol–water partition coefficient (Wildman–Crippen LogP) is 2.77. The van der Waals surface area contributed by atoms with E-state index in [9.17, 15) is 9.59 Å². The van der Waals surface area contributed by atoms with Crippen molar-refractivity contribution < 1.29 is 4.79 Å². The summed E-state index contributed by atoms with van der Waals surface area (Å²) in [5.41, 5.74) is 0.813. The molecule has 5 nitrogen and oxygen atoms in total. The van der Waals surface area contributed by atoms with Gasteiger partial charge in [0.1, 0.15) is 5.56 Å². The molecule has 4 aliphatic carbocycles. The van der Waals surface area contributed by atoms with Crippen LogP contribution in [0.15, 0.2) is 16.9 Å². The van der Waals surface area contributed by atoms with E-state index < -0.39 is 0 Å². The van der Waals surface area contributed by atoms with Crippen molar-refractivity contribution in [2.75, 3.05) is 7.05 Å². The standard InChI is InChI=1S/C21H31N3O2/c1-12(2)24(3)11-17-4-5-18(20(25)22-17)21(26)23-19-15-7-13-6-14(9-15)10-16(19)8-13/h4-5,12-16,19H,6-11H2,1-3H3,(H,22,25)(H,23,26). The van der Waals surface area contributed by atoms with Gasteiger partial charge in [0.2, 0.25) is 0 Å². The molecule has 4 fully saturated rings. The number of carbonyl (C=O) groups is 1. The molecule has 0 spiro atoms. The van der Waals surface area contributed by atoms with E-state index in [1.165, 1.54) is 32.1 Å². The van der Waals surface area contributed by atoms with E-state index in [0.717, 1.165) is 17.5 Å². The minimum absolute atomic E-state index is 0.201. The molecular weight excluding hydrogens is 326 g/mol. The molecule has 1 aromatic heterocycles. The van der Waals surface area contributed by atoms with E-state index in [4.69, 9.17) is 0 Å². The lowest BCUT2D eigenvalue weighted by atomic mass is 9.54. The number of aromatic nitrogens is 1. The first kappa shape index (κ1) is 17.8. The molecule has 26 heavy (non-hydrogen) atoms. The van der Waals surface area contributed by atoms with Gasteiger partial charge in [0, 0.05) is 24.3 Å². The Balaban J connectivity index is 1.44. The fourth-order valence-corrected chi connectivity index (χ4v) is 5.63. The molecule has 2 N–H and O–H groups in total. The minimum Gasteiger partial charge on any atom is -0.349 e. The van der Waals surface area contributed by atoms with Gasteiger partial charge < -0.3 is 10.3 Å². The van der Waals surface area contributed by atoms with E-state index in [0.29, 0.717) is 24.4 Å². The number of nitrogens with one attached hydrogen (secondary N) is 2. The Bertz CT molecular complexity index is 711. The van der Waals surface area contributed by atoms with Gasteiger partial charge in [-0.2, -0.15) is 0 Å². The molecule has 5 rings (SSSR count). The third-order valence-corrected chi connectivity index (χ3v) is 7.04. The zero-order valence-corrected chi connectivity index (χ0v) is 16.1. The summed E-state index contributed by atoms with van der Waals surface area (Å²) < 4.78 is 0. The maximum atomic E-state index is 12.8. The second-order valence-corrected chi connectivity index (χ2v) is 9.17. The predicted molar refractivity (Wildman–Crippen MR) is 102 cm³/mol. The largest absolute Gasteiger partial charge is 0.349 e. The SMILES string of the molecule is CC(C)N(C)Cc1ccc(C(=O)NC2C3CC4CC(C3)CC2C4)c(=O)[nH]1. The Morgan fingerprint density at radius 3 is 2.31 bits per heavy atom. The molecule has 4 saturated carbocycles. The number of pyridine rings is 1. The number of carbonyl (C=O) groups excluding carboxylic acids is 1. The van der Waals surface area contributed by atoms with Crippen molar-refractivity contribution in [1.82, 2.24) is 15.2 Å². The number of rotatable bonds is 5. The van der Waals surface area contributed by atoms with Crippen LogP contribution in [-0.2, 0) is 6.54 Å². The number of H-pyrrole nitrogens is 1. The Morgan fingerprint density at radius 1 is 1.15 bits per heavy atom. The van der Waals surface area contributed by atoms with Crippen LogP contribution in [0.25, 0.3) is 0 Å². The van der Waals surface area contributed by atoms with Gasteiger partial charge in [0.05, 0.1) is 0 Å². The first-order valence-electron chi connectivity index (χ1n) is 10.1. The number of hydrogen-bond donors (Lipinski definition) is 2. The van der Waals surface area contributed by atoms with Crippen LogP contribution in [0.2, 0.25) is 0 Å². The quantitative estimate of drug-likeness (QED) is 0.852. The summed E-state index contributed by atoms with van der Waals surface area (Å²) in [5.74, 6) is 2.80. The highest BCUT2D eigenvalue weighted by molar-refractivity contribution is 5.94. The van der Waals surface area contributed by atoms with E-state index in [1.54, 1.807) is 6.07 Å². The van der Waals surface area contributed by atoms with Crippen LogP contribution in [0.5, 0.6) is 0 Å². The summed E-state index contributed by atoms with van der Waals surface area (Å²) in [6.07, 6.45) is 6.44. The maximum absolute atomic E-state index is 12.8. The molecule has 0 atom stereocenters. The molecule has 0 radical (unpaired) electrons. The van der Waals surface area contributed by atoms with Crippen LogP contribution in [-0.4, -0.2) is 34.9 Å². The highest BCUT2D eigenvalue weighted by Crippen LogP contribution is 2.53. The lowest BCUT2D eigenvalue weighted by Crippen LogP contribution is -2.56. The molecule has 0 aromatic carbocycles. The van der Waals surface area contributed by atoms with Crippen LogP contribution in [0.1, 0.15) is 62.0 Å². The third kappa shape index (κ3) is 3.34. The zero-order valence-electron chi connectivity index (χ0n) is 16.1. The first-order chi connectivity index (χ1) is 12.4. The smallest absolute Gasteiger partial charge is 0.261 e. The Kier molecular flexibility index (Phi) is 4.68. The molecule has 1 aromatic rings. The molecule has 142 valence electrons. The second-order valence-electron chi connectivity index (χ2n) is 9.17. The van der Waals surface area contributed by atoms with Gasteiger partial charge in [0.25, 0.3) is 11.5 Å². The van der Waals surface area contributed by atoms with Crippen molar-refractivity contribution in [3.05, 3.63) is 33.7 Å². The van der Waals surface area contributed by atoms with Gasteiger partial charge in [-0.25, -0.2) is 0 Å². The van der Waals surface area contributed by atoms with E-state index in [-0.39, 0.29) is 23.1 Å². The Hall–Kier alpha value is -1.62. The van der Waals surface area contributed by atoms with Crippen molar-refractivity contribution >= 4 is 5.91 Å². The van der Waals surface area contributed by atoms with Crippen molar-refractivity contribution in [2.24, 2.45) is 23.7 Å². The average Bonchev–Trinajstić information content (AvgIpc) is 2.57. The summed E-state index contributed by atoms with van der Waals surface area (Å²) in [6.45, 7) is 4.90. The molecule has 0 aliphatic heterocycles. The number of hydrogen-bond acceptors (Lipinski definition) is 3. The molecule has 5 heteroatoms. The lowest BCUT2D eigenvalue weighted by Gasteiger charge is -2.54. The van der Waals surface area contributed by atoms with Crippen molar-refractivity contribution in [1.29, 1.82) is 0 Å². The summed E-state index contributed by atoms with van der Waals surface area (Å²) in [4.78, 5) is 30.2. The average molecular weight is 357 g/mol. The zero-order chi connectivity index (χ0) is 18.4. The fraction of sp³-hybridized carbons (Fsp3) is 0.714. The van der Waals surface area contributed by atoms with Gasteiger partial charge in [-0.05, 0) is 88.8 Å². The molecule has 0 saturated heterocycles. The van der Waals surface area contributed by atoms with E-state index in [1.807, 2.05) is 13.1 Å². The summed E-state index contributed by atoms with van der Waals surface area (Å²) >= 11 is 0. The fourth-order valence-electron chi connectivity index (χ4n) is 5.63. The van der Waals surface area contributed by atoms with Crippen molar-refractivity contribution in [2.45, 2.75) is 64.6 Å². The molecule has 0 unspecified atom stereocenters. The number of aromatic amines is 1. The topological polar surface area (TPSA) is 65.2 Å². The van der Waals surface area contributed by atoms with Gasteiger partial charge in [-0.3, -0.25) is 14.5 Å². The number of nitrogens with zero attached hydrogens (tertiary/aromatic N) is 1. The third-order valence-electron chi connectivity index (χ3n) is 7.04. The van der Waals surface area contributed by atoms with Crippen molar-refractivity contribution in [3.8, 4) is 0 Å². The van der Waals surface area contributed by atoms with Gasteiger partial charge in [-0.1, -0.05) is 0 Å². The van der Waals surface area contributed by atoms with Gasteiger partial charge in [-0.15, -0.1) is 0 Å². The maximum Gasteiger partial charge on any atom is 0.261 e. The Morgan fingerprint density at radius 2 is 1.77 bits per heavy atom. The molecule has 1 amide bonds. The normalized spacial score (nSPS) is 32.4. The number of amides is 1. The van der Waals surface area contributed by atoms with E-state index >= 15 is 0 Å². The molecule has 4 aliphatic rings. The molecular formula is C21H31N3O2. The van der Waals surface area contributed by atoms with Gasteiger partial charge in [0.15, 0.2) is 0 Å². The van der Waals surface area contributed by atoms with Crippen molar-refractivity contribution in [3.63, 3.8) is 0 Å². The van der Waals surface area contributed by atoms with Crippen LogP contribution >= 0.6 is 0 Å². The van der Waals surface area contributed by atoms with Gasteiger partial charge >= 0.3 is 0 Å². The summed E-state index contributed by atoms with van der Waals surface area (Å²) in [6, 6.07) is 4.22. The lowest BCUT2D eigenvalue weighted by molar-refractivity contribution is -0.0119. The van der Waals surface area contributed by atoms with E-state index in [2.05, 4.69) is 29.0 Å². The first-order valence-corrected chi connectivity index (χ1v) is 10.1. The summed E-state index contributed by atoms with van der Waals surface area (Å²) in [5, 5.41) is 3.23. The highest BCUT2D eigenvalue weighted by Gasteiger charge is 2.48. The molecule has 4 bridgehead atoms. The minimum atomic E-state index is -0.277. The van der Waals surface area contributed by atoms with Crippen LogP contribution in [0.3, 0.4) is 0 Å². The Labute approximate surface area is 155 Å². The summed E-state index contributed by atoms with van der Waals surface area (Å²) in [7, 11) is 2.02. The molecule has 1 heterocycles. The highest BCUT2D eigenvalue weighted by atomic mass is 16.2. The van der Waals surface area contributed by atoms with Crippen LogP contribution in [0, 0.1) is 23.7 Å². The van der Waals surface area contributed by atoms with Crippen LogP contribution in [0.4, 0.5) is 0 Å². The van der Waals surface area contributed by atoms with Crippen LogP contribution < -0.4 is 10.9 Å². The monoisotopic (exact) mass is 357 g/mol.